The van der Waals surface area contributed by atoms with Gasteiger partial charge in [-0.25, -0.2) is 4.39 Å². The van der Waals surface area contributed by atoms with Crippen LogP contribution >= 0.6 is 15.9 Å². The van der Waals surface area contributed by atoms with Crippen molar-refractivity contribution in [2.24, 2.45) is 5.73 Å². The molecule has 2 N–H and O–H groups in total. The van der Waals surface area contributed by atoms with E-state index in [4.69, 9.17) is 10.5 Å². The Bertz CT molecular complexity index is 306. The lowest BCUT2D eigenvalue weighted by atomic mass is 10.1. The second-order valence-electron chi connectivity index (χ2n) is 3.01. The number of ether oxygens (including phenoxy) is 1. The van der Waals surface area contributed by atoms with Crippen LogP contribution in [0.15, 0.2) is 22.7 Å². The molecule has 1 rings (SSSR count). The molecule has 0 aliphatic heterocycles. The lowest BCUT2D eigenvalue weighted by molar-refractivity contribution is 0.340. The molecular formula is C10H13BrFNO. The zero-order chi connectivity index (χ0) is 10.6. The van der Waals surface area contributed by atoms with Crippen molar-refractivity contribution in [3.63, 3.8) is 0 Å². The maximum absolute atomic E-state index is 13.0. The van der Waals surface area contributed by atoms with E-state index in [0.29, 0.717) is 6.42 Å². The summed E-state index contributed by atoms with van der Waals surface area (Å²) >= 11 is 3.34. The molecule has 78 valence electrons. The fourth-order valence-electron chi connectivity index (χ4n) is 1.18. The van der Waals surface area contributed by atoms with Crippen molar-refractivity contribution < 1.29 is 9.13 Å². The third-order valence-electron chi connectivity index (χ3n) is 1.93. The first-order valence-electron chi connectivity index (χ1n) is 4.34. The van der Waals surface area contributed by atoms with Crippen molar-refractivity contribution in [2.45, 2.75) is 12.6 Å². The molecule has 0 radical (unpaired) electrons. The first-order chi connectivity index (χ1) is 6.67. The van der Waals surface area contributed by atoms with E-state index >= 15 is 0 Å². The van der Waals surface area contributed by atoms with Crippen LogP contribution in [0.25, 0.3) is 0 Å². The number of hydrogen-bond donors (Lipinski definition) is 1. The topological polar surface area (TPSA) is 35.2 Å². The van der Waals surface area contributed by atoms with Crippen LogP contribution in [0.5, 0.6) is 5.75 Å². The molecule has 1 aromatic carbocycles. The Morgan fingerprint density at radius 3 is 2.79 bits per heavy atom. The molecule has 0 spiro atoms. The average molecular weight is 262 g/mol. The number of alkyl halides is 1. The predicted octanol–water partition coefficient (Wildman–Crippen LogP) is 2.30. The zero-order valence-electron chi connectivity index (χ0n) is 7.97. The van der Waals surface area contributed by atoms with Crippen LogP contribution in [0.2, 0.25) is 0 Å². The maximum atomic E-state index is 13.0. The Labute approximate surface area is 91.4 Å². The Hall–Kier alpha value is -0.610. The van der Waals surface area contributed by atoms with E-state index in [9.17, 15) is 4.39 Å². The van der Waals surface area contributed by atoms with Crippen molar-refractivity contribution in [1.29, 1.82) is 0 Å². The molecule has 0 heterocycles. The summed E-state index contributed by atoms with van der Waals surface area (Å²) < 4.78 is 18.9. The quantitative estimate of drug-likeness (QED) is 0.903. The molecule has 2 nitrogen and oxygen atoms in total. The van der Waals surface area contributed by atoms with Gasteiger partial charge in [-0.1, -0.05) is 6.07 Å². The second kappa shape index (κ2) is 5.32. The molecule has 14 heavy (non-hydrogen) atoms. The molecule has 1 aromatic rings. The second-order valence-corrected chi connectivity index (χ2v) is 3.86. The van der Waals surface area contributed by atoms with Gasteiger partial charge in [0.15, 0.2) is 0 Å². The number of rotatable bonds is 4. The molecule has 0 saturated heterocycles. The summed E-state index contributed by atoms with van der Waals surface area (Å²) in [5.74, 6) is 0.747. The fraction of sp³-hybridized carbons (Fsp3) is 0.400. The summed E-state index contributed by atoms with van der Waals surface area (Å²) in [6.07, 6.45) is -0.630. The SMILES string of the molecule is COc1ccc(CC(F)CN)cc1Br. The molecule has 0 amide bonds. The van der Waals surface area contributed by atoms with Crippen molar-refractivity contribution >= 4 is 15.9 Å². The van der Waals surface area contributed by atoms with Gasteiger partial charge < -0.3 is 10.5 Å². The summed E-state index contributed by atoms with van der Waals surface area (Å²) in [7, 11) is 1.59. The van der Waals surface area contributed by atoms with Crippen LogP contribution in [-0.4, -0.2) is 19.8 Å². The molecule has 0 aliphatic rings. The largest absolute Gasteiger partial charge is 0.496 e. The van der Waals surface area contributed by atoms with Gasteiger partial charge in [-0.3, -0.25) is 0 Å². The molecular weight excluding hydrogens is 249 g/mol. The highest BCUT2D eigenvalue weighted by Crippen LogP contribution is 2.26. The van der Waals surface area contributed by atoms with E-state index in [1.165, 1.54) is 0 Å². The highest BCUT2D eigenvalue weighted by Gasteiger charge is 2.07. The van der Waals surface area contributed by atoms with E-state index in [-0.39, 0.29) is 6.54 Å². The monoisotopic (exact) mass is 261 g/mol. The number of methoxy groups -OCH3 is 1. The molecule has 0 aromatic heterocycles. The van der Waals surface area contributed by atoms with Gasteiger partial charge in [-0.2, -0.15) is 0 Å². The van der Waals surface area contributed by atoms with Crippen molar-refractivity contribution in [2.75, 3.05) is 13.7 Å². The predicted molar refractivity (Wildman–Crippen MR) is 58.3 cm³/mol. The van der Waals surface area contributed by atoms with E-state index in [0.717, 1.165) is 15.8 Å². The molecule has 1 unspecified atom stereocenters. The molecule has 4 heteroatoms. The number of nitrogens with two attached hydrogens (primary N) is 1. The standard InChI is InChI=1S/C10H13BrFNO/c1-14-10-3-2-7(5-9(10)11)4-8(12)6-13/h2-3,5,8H,4,6,13H2,1H3. The molecule has 0 fully saturated rings. The van der Waals surface area contributed by atoms with Gasteiger partial charge in [-0.15, -0.1) is 0 Å². The third-order valence-corrected chi connectivity index (χ3v) is 2.55. The molecule has 1 atom stereocenters. The van der Waals surface area contributed by atoms with E-state index in [1.54, 1.807) is 7.11 Å². The van der Waals surface area contributed by atoms with Crippen LogP contribution < -0.4 is 10.5 Å². The van der Waals surface area contributed by atoms with Gasteiger partial charge in [0.1, 0.15) is 11.9 Å². The normalized spacial score (nSPS) is 12.6. The molecule has 0 bridgehead atoms. The van der Waals surface area contributed by atoms with E-state index in [2.05, 4.69) is 15.9 Å². The van der Waals surface area contributed by atoms with Crippen LogP contribution in [0, 0.1) is 0 Å². The number of benzene rings is 1. The average Bonchev–Trinajstić information content (AvgIpc) is 2.18. The van der Waals surface area contributed by atoms with Gasteiger partial charge in [-0.05, 0) is 33.6 Å². The zero-order valence-corrected chi connectivity index (χ0v) is 9.55. The summed E-state index contributed by atoms with van der Waals surface area (Å²) in [5.41, 5.74) is 6.12. The Balaban J connectivity index is 2.76. The lowest BCUT2D eigenvalue weighted by Gasteiger charge is -2.08. The van der Waals surface area contributed by atoms with Crippen LogP contribution in [-0.2, 0) is 6.42 Å². The maximum Gasteiger partial charge on any atom is 0.133 e. The van der Waals surface area contributed by atoms with Crippen molar-refractivity contribution in [3.05, 3.63) is 28.2 Å². The Kier molecular flexibility index (Phi) is 4.35. The van der Waals surface area contributed by atoms with E-state index in [1.807, 2.05) is 18.2 Å². The fourth-order valence-corrected chi connectivity index (χ4v) is 1.76. The number of halogens is 2. The van der Waals surface area contributed by atoms with Gasteiger partial charge in [0, 0.05) is 13.0 Å². The van der Waals surface area contributed by atoms with E-state index < -0.39 is 6.17 Å². The minimum atomic E-state index is -0.977. The Morgan fingerprint density at radius 1 is 1.57 bits per heavy atom. The summed E-state index contributed by atoms with van der Waals surface area (Å²) in [6.45, 7) is 0.0592. The minimum absolute atomic E-state index is 0.0592. The summed E-state index contributed by atoms with van der Waals surface area (Å²) in [4.78, 5) is 0. The highest BCUT2D eigenvalue weighted by atomic mass is 79.9. The first-order valence-corrected chi connectivity index (χ1v) is 5.13. The lowest BCUT2D eigenvalue weighted by Crippen LogP contribution is -2.17. The van der Waals surface area contributed by atoms with Gasteiger partial charge in [0.2, 0.25) is 0 Å². The van der Waals surface area contributed by atoms with Crippen LogP contribution in [0.4, 0.5) is 4.39 Å². The Morgan fingerprint density at radius 2 is 2.29 bits per heavy atom. The van der Waals surface area contributed by atoms with Crippen molar-refractivity contribution in [3.8, 4) is 5.75 Å². The van der Waals surface area contributed by atoms with Crippen LogP contribution in [0.3, 0.4) is 0 Å². The summed E-state index contributed by atoms with van der Waals surface area (Å²) in [5, 5.41) is 0. The molecule has 0 saturated carbocycles. The summed E-state index contributed by atoms with van der Waals surface area (Å²) in [6, 6.07) is 5.50. The smallest absolute Gasteiger partial charge is 0.133 e. The minimum Gasteiger partial charge on any atom is -0.496 e. The molecule has 0 aliphatic carbocycles. The van der Waals surface area contributed by atoms with Crippen LogP contribution in [0.1, 0.15) is 5.56 Å². The van der Waals surface area contributed by atoms with Gasteiger partial charge in [0.05, 0.1) is 11.6 Å². The third kappa shape index (κ3) is 2.96. The van der Waals surface area contributed by atoms with Crippen molar-refractivity contribution in [1.82, 2.24) is 0 Å². The highest BCUT2D eigenvalue weighted by molar-refractivity contribution is 9.10. The van der Waals surface area contributed by atoms with Gasteiger partial charge >= 0.3 is 0 Å². The van der Waals surface area contributed by atoms with Gasteiger partial charge in [0.25, 0.3) is 0 Å². The number of hydrogen-bond acceptors (Lipinski definition) is 2. The first kappa shape index (κ1) is 11.5.